The first kappa shape index (κ1) is 17.7. The monoisotopic (exact) mass is 386 g/mol. The summed E-state index contributed by atoms with van der Waals surface area (Å²) in [7, 11) is 0. The summed E-state index contributed by atoms with van der Waals surface area (Å²) in [5, 5.41) is 5.47. The van der Waals surface area contributed by atoms with Crippen LogP contribution in [-0.4, -0.2) is 0 Å². The fourth-order valence-electron chi connectivity index (χ4n) is 5.32. The molecule has 6 rings (SSSR count). The molecule has 1 unspecified atom stereocenters. The Hall–Kier alpha value is -3.12. The van der Waals surface area contributed by atoms with Gasteiger partial charge in [-0.1, -0.05) is 97.8 Å². The van der Waals surface area contributed by atoms with Crippen LogP contribution >= 0.6 is 0 Å². The number of hydrogen-bond donors (Lipinski definition) is 0. The van der Waals surface area contributed by atoms with Gasteiger partial charge >= 0.3 is 0 Å². The molecule has 0 radical (unpaired) electrons. The van der Waals surface area contributed by atoms with Crippen molar-refractivity contribution < 1.29 is 0 Å². The Bertz CT molecular complexity index is 1350. The second-order valence-corrected chi connectivity index (χ2v) is 8.81. The first-order valence-electron chi connectivity index (χ1n) is 11.3. The maximum Gasteiger partial charge on any atom is 0.0207 e. The Morgan fingerprint density at radius 2 is 1.53 bits per heavy atom. The van der Waals surface area contributed by atoms with E-state index in [2.05, 4.69) is 91.9 Å². The number of fused-ring (bicyclic) bond motifs is 7. The van der Waals surface area contributed by atoms with Crippen LogP contribution in [0.4, 0.5) is 0 Å². The van der Waals surface area contributed by atoms with Crippen molar-refractivity contribution in [3.8, 4) is 11.1 Å². The quantitative estimate of drug-likeness (QED) is 0.291. The second-order valence-electron chi connectivity index (χ2n) is 8.81. The summed E-state index contributed by atoms with van der Waals surface area (Å²) in [4.78, 5) is 0. The lowest BCUT2D eigenvalue weighted by Crippen LogP contribution is -1.91. The minimum atomic E-state index is 0.408. The molecule has 0 saturated carbocycles. The Kier molecular flexibility index (Phi) is 4.13. The van der Waals surface area contributed by atoms with Gasteiger partial charge in [-0.25, -0.2) is 0 Å². The van der Waals surface area contributed by atoms with Crippen LogP contribution in [0.1, 0.15) is 48.8 Å². The van der Waals surface area contributed by atoms with Crippen LogP contribution in [0.3, 0.4) is 0 Å². The Morgan fingerprint density at radius 1 is 0.800 bits per heavy atom. The molecule has 0 aromatic heterocycles. The van der Waals surface area contributed by atoms with Gasteiger partial charge in [-0.05, 0) is 74.7 Å². The highest BCUT2D eigenvalue weighted by Crippen LogP contribution is 2.45. The van der Waals surface area contributed by atoms with Gasteiger partial charge in [0.15, 0.2) is 0 Å². The molecule has 0 nitrogen and oxygen atoms in total. The molecule has 0 N–H and O–H groups in total. The predicted octanol–water partition coefficient (Wildman–Crippen LogP) is 8.33. The van der Waals surface area contributed by atoms with Crippen molar-refractivity contribution in [1.29, 1.82) is 0 Å². The molecular formula is C30H26. The van der Waals surface area contributed by atoms with Gasteiger partial charge in [0.05, 0.1) is 0 Å². The van der Waals surface area contributed by atoms with Crippen LogP contribution in [0.15, 0.2) is 90.5 Å². The van der Waals surface area contributed by atoms with E-state index in [9.17, 15) is 0 Å². The predicted molar refractivity (Wildman–Crippen MR) is 129 cm³/mol. The third kappa shape index (κ3) is 2.75. The summed E-state index contributed by atoms with van der Waals surface area (Å²) < 4.78 is 0. The minimum absolute atomic E-state index is 0.408. The van der Waals surface area contributed by atoms with Gasteiger partial charge in [0, 0.05) is 5.92 Å². The molecule has 0 heteroatoms. The molecule has 0 spiro atoms. The molecule has 0 fully saturated rings. The summed E-state index contributed by atoms with van der Waals surface area (Å²) in [6.07, 6.45) is 11.9. The molecule has 0 aliphatic heterocycles. The highest BCUT2D eigenvalue weighted by Gasteiger charge is 2.23. The lowest BCUT2D eigenvalue weighted by Gasteiger charge is -2.13. The molecular weight excluding hydrogens is 360 g/mol. The standard InChI is InChI=1S/C30H26/c1-2-3-6-20-9-10-23(17-20)24-14-11-22-13-16-26-18-25-15-12-21-7-4-5-8-27(21)29(25)30(26)28(22)19-24/h4-5,7-17,19,23H,2-3,6,18H2,1H3. The Morgan fingerprint density at radius 3 is 2.37 bits per heavy atom. The smallest absolute Gasteiger partial charge is 0.0207 e. The van der Waals surface area contributed by atoms with Crippen molar-refractivity contribution >= 4 is 21.5 Å². The van der Waals surface area contributed by atoms with E-state index in [0.717, 1.165) is 6.42 Å². The van der Waals surface area contributed by atoms with E-state index in [1.165, 1.54) is 74.2 Å². The lowest BCUT2D eigenvalue weighted by molar-refractivity contribution is 0.797. The fourth-order valence-corrected chi connectivity index (χ4v) is 5.32. The SMILES string of the molecule is CCCCC1=CC(c2ccc3ccc4c(c3c2)-c2c(ccc3ccccc23)C4)C=C1. The third-order valence-electron chi connectivity index (χ3n) is 6.89. The van der Waals surface area contributed by atoms with Crippen LogP contribution in [0.25, 0.3) is 32.7 Å². The van der Waals surface area contributed by atoms with Crippen LogP contribution in [0, 0.1) is 0 Å². The lowest BCUT2D eigenvalue weighted by atomic mass is 9.91. The molecule has 0 bridgehead atoms. The van der Waals surface area contributed by atoms with E-state index in [0.29, 0.717) is 5.92 Å². The van der Waals surface area contributed by atoms with Crippen molar-refractivity contribution in [2.45, 2.75) is 38.5 Å². The van der Waals surface area contributed by atoms with E-state index >= 15 is 0 Å². The number of unbranched alkanes of at least 4 members (excludes halogenated alkanes) is 1. The highest BCUT2D eigenvalue weighted by molar-refractivity contribution is 6.09. The van der Waals surface area contributed by atoms with E-state index in [1.807, 2.05) is 0 Å². The minimum Gasteiger partial charge on any atom is -0.0730 e. The molecule has 4 aromatic rings. The van der Waals surface area contributed by atoms with Gasteiger partial charge in [0.25, 0.3) is 0 Å². The fraction of sp³-hybridized carbons (Fsp3) is 0.200. The van der Waals surface area contributed by atoms with Gasteiger partial charge in [0.2, 0.25) is 0 Å². The van der Waals surface area contributed by atoms with Crippen molar-refractivity contribution in [2.75, 3.05) is 0 Å². The first-order valence-corrected chi connectivity index (χ1v) is 11.3. The average molecular weight is 387 g/mol. The summed E-state index contributed by atoms with van der Waals surface area (Å²) in [5.41, 5.74) is 8.74. The zero-order valence-corrected chi connectivity index (χ0v) is 17.5. The van der Waals surface area contributed by atoms with Crippen LogP contribution in [-0.2, 0) is 6.42 Å². The Balaban J connectivity index is 1.52. The maximum absolute atomic E-state index is 2.46. The first-order chi connectivity index (χ1) is 14.8. The molecule has 2 aliphatic carbocycles. The number of rotatable bonds is 4. The number of benzene rings is 4. The van der Waals surface area contributed by atoms with E-state index in [-0.39, 0.29) is 0 Å². The van der Waals surface area contributed by atoms with Crippen LogP contribution in [0.5, 0.6) is 0 Å². The average Bonchev–Trinajstić information content (AvgIpc) is 3.42. The molecule has 2 aliphatic rings. The third-order valence-corrected chi connectivity index (χ3v) is 6.89. The van der Waals surface area contributed by atoms with E-state index < -0.39 is 0 Å². The summed E-state index contributed by atoms with van der Waals surface area (Å²) >= 11 is 0. The highest BCUT2D eigenvalue weighted by atomic mass is 14.3. The van der Waals surface area contributed by atoms with Crippen LogP contribution < -0.4 is 0 Å². The molecule has 0 amide bonds. The molecule has 146 valence electrons. The molecule has 1 atom stereocenters. The van der Waals surface area contributed by atoms with Gasteiger partial charge in [0.1, 0.15) is 0 Å². The van der Waals surface area contributed by atoms with Crippen molar-refractivity contribution in [3.05, 3.63) is 107 Å². The maximum atomic E-state index is 2.46. The van der Waals surface area contributed by atoms with Crippen molar-refractivity contribution in [2.24, 2.45) is 0 Å². The molecule has 30 heavy (non-hydrogen) atoms. The summed E-state index contributed by atoms with van der Waals surface area (Å²) in [5.74, 6) is 0.408. The zero-order valence-electron chi connectivity index (χ0n) is 17.5. The topological polar surface area (TPSA) is 0 Å². The van der Waals surface area contributed by atoms with Crippen molar-refractivity contribution in [1.82, 2.24) is 0 Å². The van der Waals surface area contributed by atoms with E-state index in [1.54, 1.807) is 0 Å². The summed E-state index contributed by atoms with van der Waals surface area (Å²) in [6, 6.07) is 25.2. The van der Waals surface area contributed by atoms with Gasteiger partial charge in [-0.15, -0.1) is 0 Å². The second kappa shape index (κ2) is 6.99. The van der Waals surface area contributed by atoms with Crippen molar-refractivity contribution in [3.63, 3.8) is 0 Å². The van der Waals surface area contributed by atoms with Crippen LogP contribution in [0.2, 0.25) is 0 Å². The van der Waals surface area contributed by atoms with Gasteiger partial charge in [-0.2, -0.15) is 0 Å². The number of hydrogen-bond acceptors (Lipinski definition) is 0. The number of allylic oxidation sites excluding steroid dienone is 4. The normalized spacial score (nSPS) is 16.8. The Labute approximate surface area is 178 Å². The van der Waals surface area contributed by atoms with Gasteiger partial charge in [-0.3, -0.25) is 0 Å². The molecule has 4 aromatic carbocycles. The zero-order chi connectivity index (χ0) is 20.1. The molecule has 0 saturated heterocycles. The van der Waals surface area contributed by atoms with E-state index in [4.69, 9.17) is 0 Å². The largest absolute Gasteiger partial charge is 0.0730 e. The summed E-state index contributed by atoms with van der Waals surface area (Å²) in [6.45, 7) is 2.27. The van der Waals surface area contributed by atoms with Gasteiger partial charge < -0.3 is 0 Å². The molecule has 0 heterocycles.